The number of hydrogen-bond donors (Lipinski definition) is 0. The van der Waals surface area contributed by atoms with Gasteiger partial charge >= 0.3 is 6.09 Å². The van der Waals surface area contributed by atoms with E-state index in [1.165, 1.54) is 44.9 Å². The minimum atomic E-state index is -0.392. The molecule has 0 N–H and O–H groups in total. The maximum atomic E-state index is 12.2. The fraction of sp³-hybridized carbons (Fsp3) is 0.850. The number of amides is 1. The number of likely N-dealkylation sites (tertiary alicyclic amines) is 1. The first-order valence-electron chi connectivity index (χ1n) is 9.47. The van der Waals surface area contributed by atoms with Crippen molar-refractivity contribution in [2.45, 2.75) is 84.2 Å². The number of carbonyl (C=O) groups excluding carboxylic acids is 1. The predicted octanol–water partition coefficient (Wildman–Crippen LogP) is 5.30. The Morgan fingerprint density at radius 1 is 1.00 bits per heavy atom. The van der Waals surface area contributed by atoms with E-state index in [9.17, 15) is 4.79 Å². The van der Waals surface area contributed by atoms with Crippen LogP contribution in [0.3, 0.4) is 0 Å². The summed E-state index contributed by atoms with van der Waals surface area (Å²) in [4.78, 5) is 14.1. The third kappa shape index (κ3) is 3.92. The number of carbonyl (C=O) groups is 1. The van der Waals surface area contributed by atoms with E-state index >= 15 is 0 Å². The molecule has 0 unspecified atom stereocenters. The topological polar surface area (TPSA) is 29.5 Å². The summed E-state index contributed by atoms with van der Waals surface area (Å²) in [5, 5.41) is 0. The molecule has 3 heteroatoms. The van der Waals surface area contributed by atoms with E-state index < -0.39 is 5.60 Å². The van der Waals surface area contributed by atoms with Gasteiger partial charge in [0.2, 0.25) is 0 Å². The van der Waals surface area contributed by atoms with Crippen LogP contribution in [-0.4, -0.2) is 29.7 Å². The third-order valence-corrected chi connectivity index (χ3v) is 6.30. The second kappa shape index (κ2) is 6.14. The van der Waals surface area contributed by atoms with Crippen molar-refractivity contribution in [2.75, 3.05) is 13.1 Å². The number of rotatable bonds is 0. The Balaban J connectivity index is 1.52. The van der Waals surface area contributed by atoms with Gasteiger partial charge in [0.05, 0.1) is 0 Å². The van der Waals surface area contributed by atoms with E-state index in [0.29, 0.717) is 10.8 Å². The summed E-state index contributed by atoms with van der Waals surface area (Å²) in [5.41, 5.74) is 0.623. The molecule has 0 radical (unpaired) electrons. The molecule has 3 nitrogen and oxygen atoms in total. The van der Waals surface area contributed by atoms with Crippen molar-refractivity contribution in [1.82, 2.24) is 4.90 Å². The average molecular weight is 319 g/mol. The summed E-state index contributed by atoms with van der Waals surface area (Å²) < 4.78 is 5.52. The molecule has 3 aliphatic rings. The van der Waals surface area contributed by atoms with Crippen LogP contribution in [0, 0.1) is 10.8 Å². The first-order chi connectivity index (χ1) is 10.8. The molecule has 1 saturated heterocycles. The summed E-state index contributed by atoms with van der Waals surface area (Å²) in [6, 6.07) is 0. The van der Waals surface area contributed by atoms with Gasteiger partial charge in [-0.15, -0.1) is 0 Å². The van der Waals surface area contributed by atoms with Crippen molar-refractivity contribution in [3.63, 3.8) is 0 Å². The van der Waals surface area contributed by atoms with Gasteiger partial charge in [0.1, 0.15) is 5.60 Å². The summed E-state index contributed by atoms with van der Waals surface area (Å²) in [6.07, 6.45) is 16.6. The minimum Gasteiger partial charge on any atom is -0.444 e. The highest BCUT2D eigenvalue weighted by atomic mass is 16.6. The van der Waals surface area contributed by atoms with E-state index in [0.717, 1.165) is 25.9 Å². The zero-order valence-corrected chi connectivity index (χ0v) is 15.2. The standard InChI is InChI=1S/C20H33NO2/c1-18(2,3)23-17(22)21-15-13-20(14-16-21)11-9-19(10-12-20)7-5-4-6-8-19/h5,7H,4,6,8-16H2,1-3H3. The number of piperidine rings is 1. The number of ether oxygens (including phenoxy) is 1. The van der Waals surface area contributed by atoms with E-state index in [1.807, 2.05) is 25.7 Å². The van der Waals surface area contributed by atoms with Crippen LogP contribution in [0.25, 0.3) is 0 Å². The van der Waals surface area contributed by atoms with Crippen LogP contribution >= 0.6 is 0 Å². The second-order valence-electron chi connectivity index (χ2n) is 9.12. The summed E-state index contributed by atoms with van der Waals surface area (Å²) in [7, 11) is 0. The Morgan fingerprint density at radius 2 is 1.65 bits per heavy atom. The molecule has 0 aromatic heterocycles. The van der Waals surface area contributed by atoms with Gasteiger partial charge in [0.15, 0.2) is 0 Å². The Morgan fingerprint density at radius 3 is 2.17 bits per heavy atom. The molecule has 23 heavy (non-hydrogen) atoms. The van der Waals surface area contributed by atoms with Crippen LogP contribution in [0.4, 0.5) is 4.79 Å². The van der Waals surface area contributed by atoms with Crippen LogP contribution < -0.4 is 0 Å². The molecule has 2 aliphatic carbocycles. The van der Waals surface area contributed by atoms with Gasteiger partial charge in [0.25, 0.3) is 0 Å². The highest BCUT2D eigenvalue weighted by Gasteiger charge is 2.44. The first-order valence-corrected chi connectivity index (χ1v) is 9.47. The quantitative estimate of drug-likeness (QED) is 0.567. The lowest BCUT2D eigenvalue weighted by Crippen LogP contribution is -2.47. The summed E-state index contributed by atoms with van der Waals surface area (Å²) in [5.74, 6) is 0. The SMILES string of the molecule is CC(C)(C)OC(=O)N1CCC2(CC1)CCC1(C=CCCC1)CC2. The Kier molecular flexibility index (Phi) is 4.50. The maximum absolute atomic E-state index is 12.2. The van der Waals surface area contributed by atoms with Gasteiger partial charge in [-0.05, 0) is 89.4 Å². The molecule has 130 valence electrons. The Bertz CT molecular complexity index is 457. The van der Waals surface area contributed by atoms with Crippen molar-refractivity contribution < 1.29 is 9.53 Å². The van der Waals surface area contributed by atoms with E-state index in [2.05, 4.69) is 12.2 Å². The maximum Gasteiger partial charge on any atom is 0.410 e. The molecule has 1 heterocycles. The molecular weight excluding hydrogens is 286 g/mol. The van der Waals surface area contributed by atoms with Gasteiger partial charge in [-0.2, -0.15) is 0 Å². The van der Waals surface area contributed by atoms with Crippen molar-refractivity contribution >= 4 is 6.09 Å². The lowest BCUT2D eigenvalue weighted by atomic mass is 9.58. The normalized spacial score (nSPS) is 26.5. The number of allylic oxidation sites excluding steroid dienone is 2. The van der Waals surface area contributed by atoms with E-state index in [1.54, 1.807) is 0 Å². The van der Waals surface area contributed by atoms with Crippen LogP contribution in [0.2, 0.25) is 0 Å². The van der Waals surface area contributed by atoms with Gasteiger partial charge in [-0.3, -0.25) is 0 Å². The van der Waals surface area contributed by atoms with E-state index in [-0.39, 0.29) is 6.09 Å². The van der Waals surface area contributed by atoms with E-state index in [4.69, 9.17) is 4.74 Å². The molecule has 3 rings (SSSR count). The van der Waals surface area contributed by atoms with Gasteiger partial charge < -0.3 is 9.64 Å². The molecule has 2 spiro atoms. The third-order valence-electron chi connectivity index (χ3n) is 6.30. The van der Waals surface area contributed by atoms with Crippen molar-refractivity contribution in [3.8, 4) is 0 Å². The monoisotopic (exact) mass is 319 g/mol. The Labute approximate surface area is 141 Å². The van der Waals surface area contributed by atoms with Gasteiger partial charge in [-0.25, -0.2) is 4.79 Å². The molecule has 0 atom stereocenters. The lowest BCUT2D eigenvalue weighted by molar-refractivity contribution is -0.00420. The summed E-state index contributed by atoms with van der Waals surface area (Å²) >= 11 is 0. The first kappa shape index (κ1) is 16.9. The van der Waals surface area contributed by atoms with Crippen molar-refractivity contribution in [2.24, 2.45) is 10.8 Å². The average Bonchev–Trinajstić information content (AvgIpc) is 2.51. The molecule has 1 aliphatic heterocycles. The largest absolute Gasteiger partial charge is 0.444 e. The molecule has 1 saturated carbocycles. The van der Waals surface area contributed by atoms with Crippen molar-refractivity contribution in [3.05, 3.63) is 12.2 Å². The lowest BCUT2D eigenvalue weighted by Gasteiger charge is -2.50. The molecule has 0 aromatic rings. The zero-order valence-electron chi connectivity index (χ0n) is 15.2. The highest BCUT2D eigenvalue weighted by molar-refractivity contribution is 5.68. The minimum absolute atomic E-state index is 0.130. The molecular formula is C20H33NO2. The second-order valence-corrected chi connectivity index (χ2v) is 9.12. The highest BCUT2D eigenvalue weighted by Crippen LogP contribution is 2.53. The summed E-state index contributed by atoms with van der Waals surface area (Å²) in [6.45, 7) is 7.56. The molecule has 0 bridgehead atoms. The van der Waals surface area contributed by atoms with Crippen LogP contribution in [-0.2, 0) is 4.74 Å². The molecule has 0 aromatic carbocycles. The predicted molar refractivity (Wildman–Crippen MR) is 93.4 cm³/mol. The fourth-order valence-corrected chi connectivity index (χ4v) is 4.67. The van der Waals surface area contributed by atoms with Crippen molar-refractivity contribution in [1.29, 1.82) is 0 Å². The van der Waals surface area contributed by atoms with Crippen LogP contribution in [0.5, 0.6) is 0 Å². The zero-order chi connectivity index (χ0) is 16.6. The van der Waals surface area contributed by atoms with Gasteiger partial charge in [-0.1, -0.05) is 12.2 Å². The van der Waals surface area contributed by atoms with Gasteiger partial charge in [0, 0.05) is 13.1 Å². The molecule has 1 amide bonds. The number of nitrogens with zero attached hydrogens (tertiary/aromatic N) is 1. The molecule has 2 fully saturated rings. The Hall–Kier alpha value is -0.990. The fourth-order valence-electron chi connectivity index (χ4n) is 4.67. The number of hydrogen-bond acceptors (Lipinski definition) is 2. The van der Waals surface area contributed by atoms with Crippen LogP contribution in [0.1, 0.15) is 78.6 Å². The smallest absolute Gasteiger partial charge is 0.410 e. The van der Waals surface area contributed by atoms with Crippen LogP contribution in [0.15, 0.2) is 12.2 Å².